The maximum absolute atomic E-state index is 13.2. The van der Waals surface area contributed by atoms with Gasteiger partial charge in [-0.1, -0.05) is 25.1 Å². The summed E-state index contributed by atoms with van der Waals surface area (Å²) in [5.41, 5.74) is 5.71. The molecule has 1 aromatic rings. The van der Waals surface area contributed by atoms with Gasteiger partial charge in [-0.05, 0) is 26.0 Å². The highest BCUT2D eigenvalue weighted by atomic mass is 127. The van der Waals surface area contributed by atoms with Crippen LogP contribution < -0.4 is 21.7 Å². The molecule has 0 radical (unpaired) electrons. The number of para-hydroxylation sites is 1. The fraction of sp³-hybridized carbons (Fsp3) is 0.412. The monoisotopic (exact) mass is 480 g/mol. The Hall–Kier alpha value is -1.91. The maximum Gasteiger partial charge on any atom is 0.372 e. The number of carbonyl (C=O) groups is 2. The quantitative estimate of drug-likeness (QED) is 0.274. The second-order valence-corrected chi connectivity index (χ2v) is 7.65. The number of hydrogen-bond acceptors (Lipinski definition) is 4. The number of nitrogens with one attached hydrogen (secondary N) is 3. The lowest BCUT2D eigenvalue weighted by Crippen LogP contribution is -2.54. The SMILES string of the molecule is CN/C(=C(/N)C(=O)Nc1ccccc1)C(C)C(C)(C)NC(=O)C(F)(F)I. The summed E-state index contributed by atoms with van der Waals surface area (Å²) in [6.45, 7) is 4.84. The standard InChI is InChI=1S/C17H23F2IN4O2/c1-10(16(2,3)24-15(26)17(18,19)20)13(22-4)12(21)14(25)23-11-8-6-5-7-9-11/h5-10,22H,21H2,1-4H3,(H,23,25)(H,24,26)/b13-12+. The second-order valence-electron chi connectivity index (χ2n) is 6.29. The molecule has 0 bridgehead atoms. The van der Waals surface area contributed by atoms with Crippen molar-refractivity contribution < 1.29 is 18.4 Å². The molecule has 1 unspecified atom stereocenters. The van der Waals surface area contributed by atoms with Crippen molar-refractivity contribution in [2.75, 3.05) is 12.4 Å². The first kappa shape index (κ1) is 22.1. The highest BCUT2D eigenvalue weighted by Crippen LogP contribution is 2.28. The van der Waals surface area contributed by atoms with Crippen molar-refractivity contribution in [2.45, 2.75) is 30.2 Å². The van der Waals surface area contributed by atoms with E-state index in [1.165, 1.54) is 0 Å². The molecule has 0 aliphatic rings. The molecule has 144 valence electrons. The van der Waals surface area contributed by atoms with Crippen LogP contribution in [0.1, 0.15) is 20.8 Å². The summed E-state index contributed by atoms with van der Waals surface area (Å²) in [6.07, 6.45) is 0. The van der Waals surface area contributed by atoms with Crippen LogP contribution in [0.15, 0.2) is 41.7 Å². The van der Waals surface area contributed by atoms with E-state index in [2.05, 4.69) is 16.0 Å². The van der Waals surface area contributed by atoms with Gasteiger partial charge in [0, 0.05) is 52.5 Å². The van der Waals surface area contributed by atoms with Gasteiger partial charge in [0.1, 0.15) is 5.70 Å². The molecule has 6 nitrogen and oxygen atoms in total. The number of hydrogen-bond donors (Lipinski definition) is 4. The Morgan fingerprint density at radius 2 is 1.73 bits per heavy atom. The normalized spacial score (nSPS) is 14.1. The largest absolute Gasteiger partial charge is 0.393 e. The van der Waals surface area contributed by atoms with Crippen molar-refractivity contribution >= 4 is 40.1 Å². The van der Waals surface area contributed by atoms with Crippen LogP contribution in [0.4, 0.5) is 14.5 Å². The highest BCUT2D eigenvalue weighted by molar-refractivity contribution is 14.1. The Morgan fingerprint density at radius 1 is 1.19 bits per heavy atom. The lowest BCUT2D eigenvalue weighted by Gasteiger charge is -2.35. The van der Waals surface area contributed by atoms with Crippen LogP contribution in [0.2, 0.25) is 0 Å². The minimum Gasteiger partial charge on any atom is -0.393 e. The van der Waals surface area contributed by atoms with E-state index in [1.54, 1.807) is 52.1 Å². The van der Waals surface area contributed by atoms with Crippen LogP contribution in [0.3, 0.4) is 0 Å². The van der Waals surface area contributed by atoms with E-state index in [4.69, 9.17) is 5.73 Å². The Kier molecular flexibility index (Phi) is 7.36. The minimum absolute atomic E-state index is 0.0904. The molecule has 2 amide bonds. The Labute approximate surface area is 165 Å². The Morgan fingerprint density at radius 3 is 2.19 bits per heavy atom. The summed E-state index contributed by atoms with van der Waals surface area (Å²) in [5.74, 6) is -2.48. The third kappa shape index (κ3) is 5.82. The summed E-state index contributed by atoms with van der Waals surface area (Å²) in [7, 11) is 1.57. The number of amides is 2. The molecule has 0 saturated carbocycles. The predicted molar refractivity (Wildman–Crippen MR) is 106 cm³/mol. The molecule has 1 atom stereocenters. The summed E-state index contributed by atoms with van der Waals surface area (Å²) >= 11 is 0.767. The zero-order valence-corrected chi connectivity index (χ0v) is 17.1. The van der Waals surface area contributed by atoms with Gasteiger partial charge in [-0.25, -0.2) is 0 Å². The first-order valence-electron chi connectivity index (χ1n) is 7.83. The van der Waals surface area contributed by atoms with Gasteiger partial charge in [0.15, 0.2) is 0 Å². The maximum atomic E-state index is 13.2. The summed E-state index contributed by atoms with van der Waals surface area (Å²) in [5, 5.41) is 7.79. The van der Waals surface area contributed by atoms with Crippen LogP contribution >= 0.6 is 22.6 Å². The molecule has 0 heterocycles. The van der Waals surface area contributed by atoms with Crippen LogP contribution in [-0.4, -0.2) is 28.3 Å². The van der Waals surface area contributed by atoms with Crippen LogP contribution in [0, 0.1) is 5.92 Å². The number of anilines is 1. The molecule has 0 aromatic heterocycles. The third-order valence-corrected chi connectivity index (χ3v) is 4.53. The summed E-state index contributed by atoms with van der Waals surface area (Å²) < 4.78 is 22.8. The zero-order chi connectivity index (χ0) is 20.1. The molecular weight excluding hydrogens is 457 g/mol. The summed E-state index contributed by atoms with van der Waals surface area (Å²) in [6, 6.07) is 8.75. The first-order valence-corrected chi connectivity index (χ1v) is 8.91. The van der Waals surface area contributed by atoms with Gasteiger partial charge in [-0.3, -0.25) is 9.59 Å². The Bertz CT molecular complexity index is 688. The van der Waals surface area contributed by atoms with Crippen LogP contribution in [0.5, 0.6) is 0 Å². The molecule has 1 rings (SSSR count). The van der Waals surface area contributed by atoms with Gasteiger partial charge in [0.05, 0.1) is 0 Å². The van der Waals surface area contributed by atoms with Gasteiger partial charge in [0.25, 0.3) is 5.91 Å². The van der Waals surface area contributed by atoms with Crippen molar-refractivity contribution in [1.82, 2.24) is 10.6 Å². The van der Waals surface area contributed by atoms with Crippen molar-refractivity contribution in [3.05, 3.63) is 41.7 Å². The second kappa shape index (κ2) is 8.65. The lowest BCUT2D eigenvalue weighted by atomic mass is 9.85. The van der Waals surface area contributed by atoms with Gasteiger partial charge in [-0.2, -0.15) is 8.78 Å². The van der Waals surface area contributed by atoms with Gasteiger partial charge < -0.3 is 21.7 Å². The third-order valence-electron chi connectivity index (χ3n) is 4.04. The predicted octanol–water partition coefficient (Wildman–Crippen LogP) is 2.57. The van der Waals surface area contributed by atoms with E-state index in [9.17, 15) is 18.4 Å². The van der Waals surface area contributed by atoms with Crippen molar-refractivity contribution in [2.24, 2.45) is 11.7 Å². The van der Waals surface area contributed by atoms with Crippen molar-refractivity contribution in [1.29, 1.82) is 0 Å². The Balaban J connectivity index is 3.04. The number of rotatable bonds is 7. The fourth-order valence-electron chi connectivity index (χ4n) is 2.26. The number of carbonyl (C=O) groups excluding carboxylic acids is 2. The number of alkyl halides is 3. The average Bonchev–Trinajstić information content (AvgIpc) is 2.54. The minimum atomic E-state index is -3.53. The van der Waals surface area contributed by atoms with E-state index in [0.717, 1.165) is 22.6 Å². The topological polar surface area (TPSA) is 96.2 Å². The fourth-order valence-corrected chi connectivity index (χ4v) is 2.39. The average molecular weight is 480 g/mol. The van der Waals surface area contributed by atoms with Gasteiger partial charge in [0.2, 0.25) is 0 Å². The molecule has 0 saturated heterocycles. The van der Waals surface area contributed by atoms with E-state index in [1.807, 2.05) is 6.07 Å². The lowest BCUT2D eigenvalue weighted by molar-refractivity contribution is -0.135. The molecule has 0 aliphatic carbocycles. The number of halogens is 3. The van der Waals surface area contributed by atoms with Crippen LogP contribution in [0.25, 0.3) is 0 Å². The van der Waals surface area contributed by atoms with E-state index in [0.29, 0.717) is 11.4 Å². The van der Waals surface area contributed by atoms with E-state index >= 15 is 0 Å². The van der Waals surface area contributed by atoms with Gasteiger partial charge >= 0.3 is 9.84 Å². The molecule has 1 aromatic carbocycles. The van der Waals surface area contributed by atoms with E-state index in [-0.39, 0.29) is 5.70 Å². The summed E-state index contributed by atoms with van der Waals surface area (Å²) in [4.78, 5) is 24.0. The number of benzene rings is 1. The first-order chi connectivity index (χ1) is 11.9. The van der Waals surface area contributed by atoms with Crippen LogP contribution in [-0.2, 0) is 9.59 Å². The highest BCUT2D eigenvalue weighted by Gasteiger charge is 2.40. The van der Waals surface area contributed by atoms with Gasteiger partial charge in [-0.15, -0.1) is 0 Å². The molecule has 26 heavy (non-hydrogen) atoms. The molecule has 0 spiro atoms. The molecular formula is C17H23F2IN4O2. The number of nitrogens with two attached hydrogens (primary N) is 1. The molecule has 0 fully saturated rings. The smallest absolute Gasteiger partial charge is 0.372 e. The van der Waals surface area contributed by atoms with E-state index < -0.39 is 27.2 Å². The van der Waals surface area contributed by atoms with Crippen molar-refractivity contribution in [3.8, 4) is 0 Å². The molecule has 5 N–H and O–H groups in total. The molecule has 9 heteroatoms. The molecule has 0 aliphatic heterocycles. The van der Waals surface area contributed by atoms with Crippen molar-refractivity contribution in [3.63, 3.8) is 0 Å². The zero-order valence-electron chi connectivity index (χ0n) is 15.0.